The molecule has 0 fully saturated rings. The first-order valence-electron chi connectivity index (χ1n) is 2.60. The molecule has 0 aromatic carbocycles. The maximum Gasteiger partial charge on any atom is 0.391 e. The minimum Gasteiger partial charge on any atom is -0.550 e. The third-order valence-electron chi connectivity index (χ3n) is 1.03. The van der Waals surface area contributed by atoms with Crippen molar-refractivity contribution in [1.82, 2.24) is 0 Å². The molecular formula is C5H6F3O2-. The van der Waals surface area contributed by atoms with Crippen molar-refractivity contribution in [3.05, 3.63) is 0 Å². The standard InChI is InChI=1S/C5H7F3O2/c1-3(2-4(9)10)5(6,7)8/h3H,2H2,1H3,(H,9,10)/p-1/t3-/m0/s1. The van der Waals surface area contributed by atoms with Crippen molar-refractivity contribution in [2.24, 2.45) is 5.92 Å². The Hall–Kier alpha value is -0.740. The van der Waals surface area contributed by atoms with Crippen LogP contribution in [0, 0.1) is 5.92 Å². The SMILES string of the molecule is C[C@@H](CC(=O)[O-])C(F)(F)F. The maximum atomic E-state index is 11.5. The molecule has 10 heavy (non-hydrogen) atoms. The van der Waals surface area contributed by atoms with E-state index in [-0.39, 0.29) is 0 Å². The van der Waals surface area contributed by atoms with Gasteiger partial charge in [-0.05, 0) is 6.42 Å². The Kier molecular flexibility index (Phi) is 2.68. The first-order valence-corrected chi connectivity index (χ1v) is 2.60. The molecule has 0 bridgehead atoms. The van der Waals surface area contributed by atoms with Gasteiger partial charge in [0.05, 0.1) is 5.92 Å². The lowest BCUT2D eigenvalue weighted by Crippen LogP contribution is -2.30. The van der Waals surface area contributed by atoms with E-state index in [0.29, 0.717) is 0 Å². The highest BCUT2D eigenvalue weighted by Gasteiger charge is 2.35. The van der Waals surface area contributed by atoms with Crippen molar-refractivity contribution in [2.45, 2.75) is 19.5 Å². The molecular weight excluding hydrogens is 149 g/mol. The van der Waals surface area contributed by atoms with Crippen LogP contribution in [-0.2, 0) is 4.79 Å². The Morgan fingerprint density at radius 2 is 2.00 bits per heavy atom. The molecule has 0 amide bonds. The quantitative estimate of drug-likeness (QED) is 0.576. The zero-order chi connectivity index (χ0) is 8.36. The van der Waals surface area contributed by atoms with E-state index in [9.17, 15) is 23.1 Å². The third-order valence-corrected chi connectivity index (χ3v) is 1.03. The molecule has 0 unspecified atom stereocenters. The van der Waals surface area contributed by atoms with Gasteiger partial charge in [-0.1, -0.05) is 6.92 Å². The van der Waals surface area contributed by atoms with Crippen molar-refractivity contribution in [2.75, 3.05) is 0 Å². The number of halogens is 3. The molecule has 0 aromatic rings. The summed E-state index contributed by atoms with van der Waals surface area (Å²) in [5.41, 5.74) is 0. The molecule has 2 nitrogen and oxygen atoms in total. The van der Waals surface area contributed by atoms with E-state index in [2.05, 4.69) is 0 Å². The summed E-state index contributed by atoms with van der Waals surface area (Å²) in [5, 5.41) is 9.65. The topological polar surface area (TPSA) is 40.1 Å². The van der Waals surface area contributed by atoms with Crippen molar-refractivity contribution >= 4 is 5.97 Å². The van der Waals surface area contributed by atoms with Gasteiger partial charge in [0, 0.05) is 5.97 Å². The number of hydrogen-bond donors (Lipinski definition) is 0. The second-order valence-electron chi connectivity index (χ2n) is 2.02. The smallest absolute Gasteiger partial charge is 0.391 e. The van der Waals surface area contributed by atoms with Crippen LogP contribution >= 0.6 is 0 Å². The van der Waals surface area contributed by atoms with Gasteiger partial charge in [-0.25, -0.2) is 0 Å². The number of alkyl halides is 3. The summed E-state index contributed by atoms with van der Waals surface area (Å²) < 4.78 is 34.6. The summed E-state index contributed by atoms with van der Waals surface area (Å²) >= 11 is 0. The summed E-state index contributed by atoms with van der Waals surface area (Å²) in [6.45, 7) is 0.801. The Labute approximate surface area is 55.7 Å². The van der Waals surface area contributed by atoms with Gasteiger partial charge in [-0.2, -0.15) is 13.2 Å². The molecule has 0 heterocycles. The van der Waals surface area contributed by atoms with Crippen LogP contribution in [0.1, 0.15) is 13.3 Å². The molecule has 1 atom stereocenters. The molecule has 0 aliphatic rings. The second kappa shape index (κ2) is 2.90. The highest BCUT2D eigenvalue weighted by Crippen LogP contribution is 2.27. The number of carboxylic acids is 1. The summed E-state index contributed by atoms with van der Waals surface area (Å²) in [6, 6.07) is 0. The lowest BCUT2D eigenvalue weighted by Gasteiger charge is -2.15. The number of carboxylic acid groups (broad SMARTS) is 1. The Morgan fingerprint density at radius 1 is 1.60 bits per heavy atom. The van der Waals surface area contributed by atoms with E-state index in [0.717, 1.165) is 6.92 Å². The Bertz CT molecular complexity index is 129. The van der Waals surface area contributed by atoms with Gasteiger partial charge in [0.1, 0.15) is 0 Å². The minimum absolute atomic E-state index is 0.801. The average molecular weight is 155 g/mol. The van der Waals surface area contributed by atoms with E-state index < -0.39 is 24.5 Å². The van der Waals surface area contributed by atoms with Gasteiger partial charge in [0.25, 0.3) is 0 Å². The first kappa shape index (κ1) is 9.26. The van der Waals surface area contributed by atoms with Crippen molar-refractivity contribution in [1.29, 1.82) is 0 Å². The highest BCUT2D eigenvalue weighted by atomic mass is 19.4. The van der Waals surface area contributed by atoms with Crippen LogP contribution in [0.15, 0.2) is 0 Å². The van der Waals surface area contributed by atoms with Gasteiger partial charge in [-0.3, -0.25) is 0 Å². The fraction of sp³-hybridized carbons (Fsp3) is 0.800. The van der Waals surface area contributed by atoms with E-state index >= 15 is 0 Å². The zero-order valence-corrected chi connectivity index (χ0v) is 5.23. The van der Waals surface area contributed by atoms with Crippen LogP contribution in [0.25, 0.3) is 0 Å². The van der Waals surface area contributed by atoms with Crippen LogP contribution in [0.4, 0.5) is 13.2 Å². The average Bonchev–Trinajstić information content (AvgIpc) is 1.60. The van der Waals surface area contributed by atoms with E-state index in [4.69, 9.17) is 0 Å². The van der Waals surface area contributed by atoms with Crippen LogP contribution in [0.3, 0.4) is 0 Å². The number of carbonyl (C=O) groups excluding carboxylic acids is 1. The lowest BCUT2D eigenvalue weighted by molar-refractivity contribution is -0.310. The van der Waals surface area contributed by atoms with E-state index in [1.54, 1.807) is 0 Å². The Balaban J connectivity index is 3.85. The maximum absolute atomic E-state index is 11.5. The molecule has 0 saturated heterocycles. The molecule has 0 aromatic heterocycles. The van der Waals surface area contributed by atoms with Crippen LogP contribution < -0.4 is 5.11 Å². The van der Waals surface area contributed by atoms with E-state index in [1.807, 2.05) is 0 Å². The summed E-state index contributed by atoms with van der Waals surface area (Å²) in [5.74, 6) is -3.50. The fourth-order valence-electron chi connectivity index (χ4n) is 0.366. The number of aliphatic carboxylic acids is 1. The summed E-state index contributed by atoms with van der Waals surface area (Å²) in [7, 11) is 0. The van der Waals surface area contributed by atoms with Crippen molar-refractivity contribution in [3.8, 4) is 0 Å². The molecule has 0 radical (unpaired) electrons. The largest absolute Gasteiger partial charge is 0.550 e. The zero-order valence-electron chi connectivity index (χ0n) is 5.23. The second-order valence-corrected chi connectivity index (χ2v) is 2.02. The summed E-state index contributed by atoms with van der Waals surface area (Å²) in [6.07, 6.45) is -5.40. The van der Waals surface area contributed by atoms with Gasteiger partial charge in [0.15, 0.2) is 0 Å². The number of rotatable bonds is 2. The van der Waals surface area contributed by atoms with Gasteiger partial charge in [-0.15, -0.1) is 0 Å². The van der Waals surface area contributed by atoms with Gasteiger partial charge < -0.3 is 9.90 Å². The first-order chi connectivity index (χ1) is 4.34. The van der Waals surface area contributed by atoms with Gasteiger partial charge >= 0.3 is 6.18 Å². The van der Waals surface area contributed by atoms with Crippen LogP contribution in [0.2, 0.25) is 0 Å². The molecule has 0 aliphatic carbocycles. The van der Waals surface area contributed by atoms with Gasteiger partial charge in [0.2, 0.25) is 0 Å². The van der Waals surface area contributed by atoms with E-state index in [1.165, 1.54) is 0 Å². The highest BCUT2D eigenvalue weighted by molar-refractivity contribution is 5.64. The predicted molar refractivity (Wildman–Crippen MR) is 24.8 cm³/mol. The molecule has 60 valence electrons. The van der Waals surface area contributed by atoms with Crippen molar-refractivity contribution < 1.29 is 23.1 Å². The summed E-state index contributed by atoms with van der Waals surface area (Å²) in [4.78, 5) is 9.65. The molecule has 0 rings (SSSR count). The normalized spacial score (nSPS) is 14.8. The monoisotopic (exact) mass is 155 g/mol. The molecule has 0 aliphatic heterocycles. The number of hydrogen-bond acceptors (Lipinski definition) is 2. The third kappa shape index (κ3) is 3.32. The molecule has 5 heteroatoms. The van der Waals surface area contributed by atoms with Crippen LogP contribution in [0.5, 0.6) is 0 Å². The molecule has 0 N–H and O–H groups in total. The lowest BCUT2D eigenvalue weighted by atomic mass is 10.1. The fourth-order valence-corrected chi connectivity index (χ4v) is 0.366. The Morgan fingerprint density at radius 3 is 2.10 bits per heavy atom. The number of carbonyl (C=O) groups is 1. The van der Waals surface area contributed by atoms with Crippen molar-refractivity contribution in [3.63, 3.8) is 0 Å². The predicted octanol–water partition coefficient (Wildman–Crippen LogP) is 0.325. The molecule has 0 spiro atoms. The molecule has 0 saturated carbocycles. The van der Waals surface area contributed by atoms with Crippen LogP contribution in [-0.4, -0.2) is 12.1 Å². The minimum atomic E-state index is -4.43.